The number of ether oxygens (including phenoxy) is 1. The minimum atomic E-state index is -3.84. The Morgan fingerprint density at radius 1 is 1.30 bits per heavy atom. The highest BCUT2D eigenvalue weighted by molar-refractivity contribution is 7.89. The number of aryl methyl sites for hydroxylation is 2. The molecule has 1 atom stereocenters. The van der Waals surface area contributed by atoms with Crippen LogP contribution in [0.5, 0.6) is 0 Å². The highest BCUT2D eigenvalue weighted by Gasteiger charge is 2.31. The van der Waals surface area contributed by atoms with E-state index in [1.165, 1.54) is 0 Å². The molecule has 1 aliphatic heterocycles. The second-order valence-corrected chi connectivity index (χ2v) is 8.55. The summed E-state index contributed by atoms with van der Waals surface area (Å²) in [5.74, 6) is 0.313. The fourth-order valence-corrected chi connectivity index (χ4v) is 4.32. The van der Waals surface area contributed by atoms with Crippen LogP contribution in [0.3, 0.4) is 0 Å². The predicted octanol–water partition coefficient (Wildman–Crippen LogP) is 2.10. The van der Waals surface area contributed by atoms with Crippen LogP contribution in [0.4, 0.5) is 5.82 Å². The van der Waals surface area contributed by atoms with Gasteiger partial charge in [-0.25, -0.2) is 8.42 Å². The van der Waals surface area contributed by atoms with E-state index in [0.29, 0.717) is 12.4 Å². The second-order valence-electron chi connectivity index (χ2n) is 6.62. The van der Waals surface area contributed by atoms with Gasteiger partial charge in [0.25, 0.3) is 0 Å². The Kier molecular flexibility index (Phi) is 5.93. The number of hydrogen-bond donors (Lipinski definition) is 1. The number of carbonyl (C=O) groups excluding carboxylic acids is 1. The van der Waals surface area contributed by atoms with E-state index in [-0.39, 0.29) is 29.9 Å². The quantitative estimate of drug-likeness (QED) is 0.773. The number of rotatable bonds is 7. The van der Waals surface area contributed by atoms with Crippen molar-refractivity contribution < 1.29 is 22.5 Å². The molecule has 1 aromatic carbocycles. The van der Waals surface area contributed by atoms with Crippen LogP contribution in [0.25, 0.3) is 0 Å². The van der Waals surface area contributed by atoms with Gasteiger partial charge in [-0.1, -0.05) is 22.9 Å². The summed E-state index contributed by atoms with van der Waals surface area (Å²) in [5.41, 5.74) is 0.957. The summed E-state index contributed by atoms with van der Waals surface area (Å²) in [5, 5.41) is 6.26. The predicted molar refractivity (Wildman–Crippen MR) is 98.8 cm³/mol. The molecule has 1 N–H and O–H groups in total. The molecule has 2 aromatic rings. The van der Waals surface area contributed by atoms with Crippen molar-refractivity contribution in [3.05, 3.63) is 41.7 Å². The first kappa shape index (κ1) is 19.5. The van der Waals surface area contributed by atoms with Crippen molar-refractivity contribution in [2.45, 2.75) is 37.7 Å². The number of nitrogens with zero attached hydrogens (tertiary/aromatic N) is 2. The molecule has 3 rings (SSSR count). The molecule has 146 valence electrons. The number of sulfonamides is 1. The minimum absolute atomic E-state index is 0.126. The molecule has 27 heavy (non-hydrogen) atoms. The summed E-state index contributed by atoms with van der Waals surface area (Å²) in [6.45, 7) is 3.99. The van der Waals surface area contributed by atoms with Gasteiger partial charge in [0.15, 0.2) is 5.82 Å². The maximum Gasteiger partial charge on any atom is 0.243 e. The van der Waals surface area contributed by atoms with Crippen molar-refractivity contribution in [1.82, 2.24) is 9.46 Å². The highest BCUT2D eigenvalue weighted by atomic mass is 32.2. The average molecular weight is 393 g/mol. The number of benzene rings is 1. The monoisotopic (exact) mass is 393 g/mol. The Morgan fingerprint density at radius 3 is 2.63 bits per heavy atom. The van der Waals surface area contributed by atoms with Gasteiger partial charge in [0, 0.05) is 19.2 Å². The highest BCUT2D eigenvalue weighted by Crippen LogP contribution is 2.21. The van der Waals surface area contributed by atoms with Gasteiger partial charge < -0.3 is 14.6 Å². The van der Waals surface area contributed by atoms with Crippen molar-refractivity contribution in [1.29, 1.82) is 0 Å². The van der Waals surface area contributed by atoms with Crippen molar-refractivity contribution in [2.24, 2.45) is 0 Å². The van der Waals surface area contributed by atoms with Gasteiger partial charge in [-0.05, 0) is 38.8 Å². The molecule has 1 fully saturated rings. The lowest BCUT2D eigenvalue weighted by molar-refractivity contribution is -0.116. The van der Waals surface area contributed by atoms with Crippen LogP contribution in [-0.2, 0) is 19.6 Å². The van der Waals surface area contributed by atoms with Gasteiger partial charge >= 0.3 is 0 Å². The Labute approximate surface area is 158 Å². The molecule has 8 nitrogen and oxygen atoms in total. The maximum absolute atomic E-state index is 13.1. The van der Waals surface area contributed by atoms with E-state index in [4.69, 9.17) is 9.26 Å². The van der Waals surface area contributed by atoms with Gasteiger partial charge in [-0.2, -0.15) is 4.31 Å². The van der Waals surface area contributed by atoms with E-state index >= 15 is 0 Å². The lowest BCUT2D eigenvalue weighted by atomic mass is 10.2. The van der Waals surface area contributed by atoms with Crippen LogP contribution in [0.2, 0.25) is 0 Å². The summed E-state index contributed by atoms with van der Waals surface area (Å²) >= 11 is 0. The molecule has 2 heterocycles. The molecule has 1 unspecified atom stereocenters. The molecule has 0 aliphatic carbocycles. The molecule has 0 radical (unpaired) electrons. The smallest absolute Gasteiger partial charge is 0.243 e. The zero-order chi connectivity index (χ0) is 19.4. The first-order chi connectivity index (χ1) is 12.8. The first-order valence-electron chi connectivity index (χ1n) is 8.76. The van der Waals surface area contributed by atoms with Crippen molar-refractivity contribution in [3.8, 4) is 0 Å². The molecule has 1 amide bonds. The Morgan fingerprint density at radius 2 is 2.04 bits per heavy atom. The number of amides is 1. The van der Waals surface area contributed by atoms with E-state index in [9.17, 15) is 13.2 Å². The molecule has 1 saturated heterocycles. The van der Waals surface area contributed by atoms with E-state index in [0.717, 1.165) is 22.7 Å². The largest absolute Gasteiger partial charge is 0.377 e. The lowest BCUT2D eigenvalue weighted by Crippen LogP contribution is -2.42. The fraction of sp³-hybridized carbons (Fsp3) is 0.444. The third-order valence-electron chi connectivity index (χ3n) is 4.31. The summed E-state index contributed by atoms with van der Waals surface area (Å²) in [6, 6.07) is 8.12. The van der Waals surface area contributed by atoms with Crippen molar-refractivity contribution in [2.75, 3.05) is 25.0 Å². The molecular weight excluding hydrogens is 370 g/mol. The zero-order valence-corrected chi connectivity index (χ0v) is 16.2. The normalized spacial score (nSPS) is 17.4. The Bertz CT molecular complexity index is 886. The van der Waals surface area contributed by atoms with E-state index in [2.05, 4.69) is 10.5 Å². The first-order valence-corrected chi connectivity index (χ1v) is 10.2. The van der Waals surface area contributed by atoms with Gasteiger partial charge in [0.1, 0.15) is 5.76 Å². The van der Waals surface area contributed by atoms with Crippen LogP contribution >= 0.6 is 0 Å². The molecule has 1 aliphatic rings. The standard InChI is InChI=1S/C18H23N3O5S/c1-13-5-7-16(8-6-13)27(23,24)21(11-15-4-3-9-25-15)12-18(22)19-17-10-14(2)26-20-17/h5-8,10,15H,3-4,9,11-12H2,1-2H3,(H,19,20,22). The maximum atomic E-state index is 13.1. The molecular formula is C18H23N3O5S. The minimum Gasteiger partial charge on any atom is -0.377 e. The van der Waals surface area contributed by atoms with Gasteiger partial charge in [0.05, 0.1) is 17.5 Å². The SMILES string of the molecule is Cc1ccc(S(=O)(=O)N(CC(=O)Nc2cc(C)on2)CC2CCCO2)cc1. The second kappa shape index (κ2) is 8.20. The van der Waals surface area contributed by atoms with E-state index in [1.807, 2.05) is 6.92 Å². The van der Waals surface area contributed by atoms with Gasteiger partial charge in [0.2, 0.25) is 15.9 Å². The summed E-state index contributed by atoms with van der Waals surface area (Å²) < 4.78 is 37.8. The Hall–Kier alpha value is -2.23. The fourth-order valence-electron chi connectivity index (χ4n) is 2.89. The van der Waals surface area contributed by atoms with Crippen LogP contribution in [-0.4, -0.2) is 49.6 Å². The molecule has 0 bridgehead atoms. The van der Waals surface area contributed by atoms with Crippen LogP contribution in [0.15, 0.2) is 39.8 Å². The number of hydrogen-bond acceptors (Lipinski definition) is 6. The van der Waals surface area contributed by atoms with Gasteiger partial charge in [-0.3, -0.25) is 4.79 Å². The average Bonchev–Trinajstić information content (AvgIpc) is 3.26. The van der Waals surface area contributed by atoms with E-state index < -0.39 is 15.9 Å². The third kappa shape index (κ3) is 4.94. The number of nitrogens with one attached hydrogen (secondary N) is 1. The summed E-state index contributed by atoms with van der Waals surface area (Å²) in [4.78, 5) is 12.5. The molecule has 0 saturated carbocycles. The third-order valence-corrected chi connectivity index (χ3v) is 6.13. The van der Waals surface area contributed by atoms with Crippen molar-refractivity contribution >= 4 is 21.7 Å². The summed E-state index contributed by atoms with van der Waals surface area (Å²) in [6.07, 6.45) is 1.43. The van der Waals surface area contributed by atoms with Gasteiger partial charge in [-0.15, -0.1) is 0 Å². The molecule has 1 aromatic heterocycles. The Balaban J connectivity index is 1.79. The molecule has 0 spiro atoms. The number of carbonyl (C=O) groups is 1. The van der Waals surface area contributed by atoms with Crippen LogP contribution in [0, 0.1) is 13.8 Å². The summed E-state index contributed by atoms with van der Waals surface area (Å²) in [7, 11) is -3.84. The molecule has 9 heteroatoms. The van der Waals surface area contributed by atoms with Crippen LogP contribution < -0.4 is 5.32 Å². The van der Waals surface area contributed by atoms with Crippen molar-refractivity contribution in [3.63, 3.8) is 0 Å². The number of aromatic nitrogens is 1. The lowest BCUT2D eigenvalue weighted by Gasteiger charge is -2.24. The topological polar surface area (TPSA) is 102 Å². The van der Waals surface area contributed by atoms with E-state index in [1.54, 1.807) is 37.3 Å². The van der Waals surface area contributed by atoms with Crippen LogP contribution in [0.1, 0.15) is 24.2 Å². The number of anilines is 1. The zero-order valence-electron chi connectivity index (χ0n) is 15.3.